The van der Waals surface area contributed by atoms with Crippen molar-refractivity contribution in [2.75, 3.05) is 13.2 Å². The van der Waals surface area contributed by atoms with Crippen LogP contribution in [-0.4, -0.2) is 65.6 Å². The van der Waals surface area contributed by atoms with Crippen LogP contribution in [0, 0.1) is 11.8 Å². The molecule has 56 heavy (non-hydrogen) atoms. The van der Waals surface area contributed by atoms with E-state index in [0.717, 1.165) is 22.3 Å². The van der Waals surface area contributed by atoms with Crippen LogP contribution in [0.2, 0.25) is 0 Å². The van der Waals surface area contributed by atoms with Crippen molar-refractivity contribution in [3.63, 3.8) is 0 Å². The van der Waals surface area contributed by atoms with Gasteiger partial charge in [0.25, 0.3) is 0 Å². The van der Waals surface area contributed by atoms with Crippen LogP contribution in [0.1, 0.15) is 55.7 Å². The minimum absolute atomic E-state index is 0.0631. The molecule has 2 aliphatic heterocycles. The fourth-order valence-electron chi connectivity index (χ4n) is 6.81. The highest BCUT2D eigenvalue weighted by Gasteiger charge is 2.32. The van der Waals surface area contributed by atoms with Crippen LogP contribution in [0.25, 0.3) is 11.1 Å². The molecule has 0 spiro atoms. The highest BCUT2D eigenvalue weighted by molar-refractivity contribution is 5.95. The third kappa shape index (κ3) is 12.8. The average Bonchev–Trinajstić information content (AvgIpc) is 3.19. The summed E-state index contributed by atoms with van der Waals surface area (Å²) in [4.78, 5) is 79.6. The number of carboxylic acids is 1. The van der Waals surface area contributed by atoms with Crippen LogP contribution in [0.15, 0.2) is 109 Å². The fraction of sp³-hybridized carbons (Fsp3) is 0.333. The molecule has 292 valence electrons. The van der Waals surface area contributed by atoms with Gasteiger partial charge in [0.1, 0.15) is 18.4 Å². The van der Waals surface area contributed by atoms with E-state index in [1.807, 2.05) is 84.9 Å². The molecule has 6 rings (SSSR count). The van der Waals surface area contributed by atoms with E-state index in [1.54, 1.807) is 24.3 Å². The van der Waals surface area contributed by atoms with Gasteiger partial charge in [-0.15, -0.1) is 0 Å². The Hall–Kier alpha value is -6.10. The van der Waals surface area contributed by atoms with E-state index < -0.39 is 47.5 Å². The van der Waals surface area contributed by atoms with Gasteiger partial charge in [-0.25, -0.2) is 0 Å². The van der Waals surface area contributed by atoms with E-state index in [2.05, 4.69) is 16.0 Å². The molecule has 0 fully saturated rings. The first-order valence-electron chi connectivity index (χ1n) is 19.1. The van der Waals surface area contributed by atoms with Crippen LogP contribution in [-0.2, 0) is 48.0 Å². The Labute approximate surface area is 327 Å². The number of ketones is 2. The van der Waals surface area contributed by atoms with Crippen molar-refractivity contribution < 1.29 is 38.6 Å². The average molecular weight is 760 g/mol. The minimum Gasteiger partial charge on any atom is -0.486 e. The SMILES string of the molecule is CC(=O)NCCCC[C@@H]1CC(=O)COc2ccc(cc2)C[C@@H](C(=O)O)CC(=O)[C@H](Cc2ccccc2)NC(=O)[C@H](Cc2ccc(-c3ccccc3)cc2)NC1=O. The van der Waals surface area contributed by atoms with Gasteiger partial charge in [-0.2, -0.15) is 0 Å². The lowest BCUT2D eigenvalue weighted by Gasteiger charge is -2.26. The number of rotatable bonds is 11. The number of amides is 3. The number of hydrogen-bond acceptors (Lipinski definition) is 7. The van der Waals surface area contributed by atoms with E-state index in [4.69, 9.17) is 4.74 Å². The summed E-state index contributed by atoms with van der Waals surface area (Å²) in [6.45, 7) is 1.55. The van der Waals surface area contributed by atoms with Crippen LogP contribution in [0.4, 0.5) is 0 Å². The number of hydrogen-bond donors (Lipinski definition) is 4. The van der Waals surface area contributed by atoms with Crippen LogP contribution >= 0.6 is 0 Å². The summed E-state index contributed by atoms with van der Waals surface area (Å²) in [5, 5.41) is 18.7. The zero-order valence-electron chi connectivity index (χ0n) is 31.6. The maximum atomic E-state index is 14.3. The number of carboxylic acid groups (broad SMARTS) is 1. The second kappa shape index (κ2) is 20.5. The minimum atomic E-state index is -1.15. The standard InChI is InChI=1S/C45H49N3O8/c1-30(49)46-23-9-8-14-36-27-38(50)29-56-39-21-17-32(18-22-39)24-37(45(54)55)28-42(51)40(25-31-10-4-2-5-11-31)47-44(53)41(48-43(36)52)26-33-15-19-35(20-16-33)34-12-6-3-7-13-34/h2-7,10-13,15-22,36-37,40-41H,8-9,14,23-29H2,1H3,(H,46,49)(H,47,53)(H,48,52)(H,54,55)/t36-,37-,40+,41+/m1/s1. The topological polar surface area (TPSA) is 168 Å². The molecule has 4 atom stereocenters. The summed E-state index contributed by atoms with van der Waals surface area (Å²) in [7, 11) is 0. The molecule has 4 N–H and O–H groups in total. The first kappa shape index (κ1) is 41.1. The number of benzene rings is 4. The Bertz CT molecular complexity index is 1950. The third-order valence-electron chi connectivity index (χ3n) is 9.92. The third-order valence-corrected chi connectivity index (χ3v) is 9.92. The summed E-state index contributed by atoms with van der Waals surface area (Å²) >= 11 is 0. The van der Waals surface area contributed by atoms with Crippen LogP contribution in [0.5, 0.6) is 5.75 Å². The van der Waals surface area contributed by atoms with Gasteiger partial charge in [-0.1, -0.05) is 103 Å². The van der Waals surface area contributed by atoms with Gasteiger partial charge in [-0.3, -0.25) is 28.8 Å². The molecule has 2 heterocycles. The van der Waals surface area contributed by atoms with Crippen molar-refractivity contribution in [3.8, 4) is 16.9 Å². The Morgan fingerprint density at radius 2 is 1.30 bits per heavy atom. The van der Waals surface area contributed by atoms with Gasteiger partial charge in [0.05, 0.1) is 12.0 Å². The summed E-state index contributed by atoms with van der Waals surface area (Å²) in [5.41, 5.74) is 4.17. The number of carbonyl (C=O) groups excluding carboxylic acids is 5. The van der Waals surface area contributed by atoms with Crippen molar-refractivity contribution in [2.24, 2.45) is 11.8 Å². The fourth-order valence-corrected chi connectivity index (χ4v) is 6.81. The monoisotopic (exact) mass is 759 g/mol. The molecule has 4 aromatic rings. The molecule has 0 aliphatic carbocycles. The van der Waals surface area contributed by atoms with Gasteiger partial charge in [-0.05, 0) is 65.6 Å². The molecule has 2 bridgehead atoms. The maximum absolute atomic E-state index is 14.3. The molecule has 0 saturated heterocycles. The molecule has 11 nitrogen and oxygen atoms in total. The smallest absolute Gasteiger partial charge is 0.307 e. The molecular formula is C45H49N3O8. The lowest BCUT2D eigenvalue weighted by Crippen LogP contribution is -2.54. The predicted octanol–water partition coefficient (Wildman–Crippen LogP) is 5.29. The molecule has 0 aromatic heterocycles. The van der Waals surface area contributed by atoms with E-state index >= 15 is 0 Å². The molecule has 4 aromatic carbocycles. The molecule has 3 amide bonds. The largest absolute Gasteiger partial charge is 0.486 e. The van der Waals surface area contributed by atoms with Crippen molar-refractivity contribution in [2.45, 2.75) is 70.4 Å². The lowest BCUT2D eigenvalue weighted by molar-refractivity contribution is -0.144. The highest BCUT2D eigenvalue weighted by atomic mass is 16.5. The maximum Gasteiger partial charge on any atom is 0.307 e. The summed E-state index contributed by atoms with van der Waals surface area (Å²) in [5.74, 6) is -4.67. The normalized spacial score (nSPS) is 19.7. The van der Waals surface area contributed by atoms with E-state index in [0.29, 0.717) is 37.1 Å². The first-order chi connectivity index (χ1) is 27.0. The Balaban J connectivity index is 1.47. The van der Waals surface area contributed by atoms with Gasteiger partial charge in [0.2, 0.25) is 17.7 Å². The first-order valence-corrected chi connectivity index (χ1v) is 19.1. The Morgan fingerprint density at radius 3 is 1.96 bits per heavy atom. The molecule has 0 saturated carbocycles. The second-order valence-corrected chi connectivity index (χ2v) is 14.3. The lowest BCUT2D eigenvalue weighted by atomic mass is 9.90. The Kier molecular flexibility index (Phi) is 15.1. The van der Waals surface area contributed by atoms with Gasteiger partial charge in [0, 0.05) is 38.6 Å². The van der Waals surface area contributed by atoms with Crippen molar-refractivity contribution in [1.29, 1.82) is 0 Å². The number of fused-ring (bicyclic) bond motifs is 16. The zero-order chi connectivity index (χ0) is 39.9. The van der Waals surface area contributed by atoms with E-state index in [1.165, 1.54) is 6.92 Å². The summed E-state index contributed by atoms with van der Waals surface area (Å²) < 4.78 is 5.75. The van der Waals surface area contributed by atoms with Crippen molar-refractivity contribution in [3.05, 3.63) is 126 Å². The quantitative estimate of drug-likeness (QED) is 0.150. The summed E-state index contributed by atoms with van der Waals surface area (Å²) in [6.07, 6.45) is 1.21. The highest BCUT2D eigenvalue weighted by Crippen LogP contribution is 2.23. The number of unbranched alkanes of at least 4 members (excludes halogenated alkanes) is 1. The molecular weight excluding hydrogens is 711 g/mol. The number of nitrogens with one attached hydrogen (secondary N) is 3. The van der Waals surface area contributed by atoms with Crippen molar-refractivity contribution in [1.82, 2.24) is 16.0 Å². The molecule has 0 unspecified atom stereocenters. The number of aliphatic carboxylic acids is 1. The number of Topliss-reactive ketones (excluding diaryl/α,β-unsaturated/α-hetero) is 2. The van der Waals surface area contributed by atoms with E-state index in [9.17, 15) is 33.9 Å². The van der Waals surface area contributed by atoms with Gasteiger partial charge < -0.3 is 25.8 Å². The van der Waals surface area contributed by atoms with Gasteiger partial charge in [0.15, 0.2) is 11.6 Å². The molecule has 11 heteroatoms. The van der Waals surface area contributed by atoms with Crippen LogP contribution in [0.3, 0.4) is 0 Å². The van der Waals surface area contributed by atoms with Gasteiger partial charge >= 0.3 is 5.97 Å². The van der Waals surface area contributed by atoms with Crippen molar-refractivity contribution >= 4 is 35.3 Å². The Morgan fingerprint density at radius 1 is 0.696 bits per heavy atom. The molecule has 0 radical (unpaired) electrons. The number of carbonyl (C=O) groups is 6. The number of ether oxygens (including phenoxy) is 1. The predicted molar refractivity (Wildman–Crippen MR) is 212 cm³/mol. The molecule has 2 aliphatic rings. The second-order valence-electron chi connectivity index (χ2n) is 14.3. The van der Waals surface area contributed by atoms with E-state index in [-0.39, 0.29) is 50.4 Å². The van der Waals surface area contributed by atoms with Crippen LogP contribution < -0.4 is 20.7 Å². The zero-order valence-corrected chi connectivity index (χ0v) is 31.6. The summed E-state index contributed by atoms with van der Waals surface area (Å²) in [6, 6.07) is 31.0.